The van der Waals surface area contributed by atoms with Crippen LogP contribution in [0.15, 0.2) is 18.5 Å². The Morgan fingerprint density at radius 2 is 2.50 bits per heavy atom. The molecule has 0 aliphatic rings. The van der Waals surface area contributed by atoms with E-state index in [0.717, 1.165) is 5.52 Å². The van der Waals surface area contributed by atoms with Gasteiger partial charge in [0.2, 0.25) is 0 Å². The fourth-order valence-corrected chi connectivity index (χ4v) is 0.867. The lowest BCUT2D eigenvalue weighted by Crippen LogP contribution is -2.09. The van der Waals surface area contributed by atoms with E-state index in [0.29, 0.717) is 5.28 Å². The summed E-state index contributed by atoms with van der Waals surface area (Å²) in [7, 11) is 0. The number of hydrogen-bond donors (Lipinski definition) is 0. The van der Waals surface area contributed by atoms with E-state index in [-0.39, 0.29) is 0 Å². The minimum Gasteiger partial charge on any atom is -0.229 e. The van der Waals surface area contributed by atoms with Gasteiger partial charge in [-0.3, -0.25) is 0 Å². The van der Waals surface area contributed by atoms with Crippen LogP contribution < -0.4 is 4.98 Å². The van der Waals surface area contributed by atoms with E-state index in [9.17, 15) is 0 Å². The van der Waals surface area contributed by atoms with Crippen molar-refractivity contribution in [2.75, 3.05) is 0 Å². The first-order valence-electron chi connectivity index (χ1n) is 2.74. The molecule has 0 fully saturated rings. The van der Waals surface area contributed by atoms with Crippen LogP contribution in [0.4, 0.5) is 0 Å². The average Bonchev–Trinajstić information content (AvgIpc) is 2.33. The second-order valence-corrected chi connectivity index (χ2v) is 2.18. The average molecular weight is 156 g/mol. The van der Waals surface area contributed by atoms with Gasteiger partial charge in [-0.2, -0.15) is 0 Å². The highest BCUT2D eigenvalue weighted by Crippen LogP contribution is 1.96. The molecule has 2 aromatic heterocycles. The van der Waals surface area contributed by atoms with Gasteiger partial charge >= 0.3 is 5.28 Å². The van der Waals surface area contributed by atoms with Crippen molar-refractivity contribution in [1.82, 2.24) is 14.8 Å². The number of aromatic amines is 1. The third-order valence-corrected chi connectivity index (χ3v) is 1.36. The van der Waals surface area contributed by atoms with Crippen molar-refractivity contribution in [3.8, 4) is 0 Å². The lowest BCUT2D eigenvalue weighted by atomic mass is 10.6. The molecular formula is C5H4ClN4+. The lowest BCUT2D eigenvalue weighted by molar-refractivity contribution is -0.379. The summed E-state index contributed by atoms with van der Waals surface area (Å²) in [4.78, 5) is 2.75. The predicted molar refractivity (Wildman–Crippen MR) is 34.6 cm³/mol. The monoisotopic (exact) mass is 155 g/mol. The number of hydrogen-bond acceptors (Lipinski definition) is 2. The zero-order valence-electron chi connectivity index (χ0n) is 4.95. The molecule has 1 N–H and O–H groups in total. The van der Waals surface area contributed by atoms with Crippen molar-refractivity contribution in [3.05, 3.63) is 23.7 Å². The van der Waals surface area contributed by atoms with E-state index in [1.54, 1.807) is 12.4 Å². The topological polar surface area (TPSA) is 44.3 Å². The van der Waals surface area contributed by atoms with Crippen molar-refractivity contribution in [2.45, 2.75) is 0 Å². The molecule has 2 aromatic rings. The SMILES string of the molecule is Clc1nn2nccc2c[nH+]1. The zero-order valence-corrected chi connectivity index (χ0v) is 5.71. The molecule has 0 aliphatic heterocycles. The van der Waals surface area contributed by atoms with Crippen LogP contribution in [0, 0.1) is 0 Å². The molecule has 0 saturated heterocycles. The van der Waals surface area contributed by atoms with E-state index in [4.69, 9.17) is 11.6 Å². The number of nitrogens with one attached hydrogen (secondary N) is 1. The summed E-state index contributed by atoms with van der Waals surface area (Å²) in [5.41, 5.74) is 0.893. The van der Waals surface area contributed by atoms with Gasteiger partial charge in [0.1, 0.15) is 11.7 Å². The molecule has 2 rings (SSSR count). The van der Waals surface area contributed by atoms with Crippen LogP contribution in [0.3, 0.4) is 0 Å². The fourth-order valence-electron chi connectivity index (χ4n) is 0.741. The van der Waals surface area contributed by atoms with Gasteiger partial charge in [-0.1, -0.05) is 4.63 Å². The molecule has 50 valence electrons. The molecule has 0 saturated carbocycles. The summed E-state index contributed by atoms with van der Waals surface area (Å²) in [6, 6.07) is 1.83. The largest absolute Gasteiger partial charge is 0.419 e. The Morgan fingerprint density at radius 1 is 1.60 bits per heavy atom. The minimum atomic E-state index is 0.330. The van der Waals surface area contributed by atoms with Gasteiger partial charge in [0.15, 0.2) is 0 Å². The Hall–Kier alpha value is -1.16. The number of aromatic nitrogens is 4. The Kier molecular flexibility index (Phi) is 1.07. The number of H-pyrrole nitrogens is 1. The molecule has 10 heavy (non-hydrogen) atoms. The van der Waals surface area contributed by atoms with E-state index in [1.807, 2.05) is 6.07 Å². The first-order chi connectivity index (χ1) is 4.86. The number of halogens is 1. The van der Waals surface area contributed by atoms with Gasteiger partial charge in [-0.15, -0.1) is 5.10 Å². The normalized spacial score (nSPS) is 10.5. The summed E-state index contributed by atoms with van der Waals surface area (Å²) < 4.78 is 1.46. The van der Waals surface area contributed by atoms with Crippen molar-refractivity contribution in [2.24, 2.45) is 0 Å². The predicted octanol–water partition coefficient (Wildman–Crippen LogP) is 0.197. The lowest BCUT2D eigenvalue weighted by Gasteiger charge is -1.79. The van der Waals surface area contributed by atoms with Crippen LogP contribution in [0.2, 0.25) is 5.28 Å². The molecule has 0 amide bonds. The maximum Gasteiger partial charge on any atom is 0.419 e. The van der Waals surface area contributed by atoms with Crippen LogP contribution in [-0.2, 0) is 0 Å². The maximum absolute atomic E-state index is 5.55. The summed E-state index contributed by atoms with van der Waals surface area (Å²) >= 11 is 5.55. The summed E-state index contributed by atoms with van der Waals surface area (Å²) in [5, 5.41) is 8.06. The smallest absolute Gasteiger partial charge is 0.229 e. The van der Waals surface area contributed by atoms with Crippen molar-refractivity contribution in [1.29, 1.82) is 0 Å². The molecule has 0 unspecified atom stereocenters. The second kappa shape index (κ2) is 1.91. The van der Waals surface area contributed by atoms with E-state index >= 15 is 0 Å². The van der Waals surface area contributed by atoms with Crippen molar-refractivity contribution in [3.63, 3.8) is 0 Å². The molecule has 0 bridgehead atoms. The minimum absolute atomic E-state index is 0.330. The molecule has 0 aliphatic carbocycles. The van der Waals surface area contributed by atoms with Gasteiger partial charge in [-0.25, -0.2) is 4.98 Å². The summed E-state index contributed by atoms with van der Waals surface area (Å²) in [5.74, 6) is 0. The van der Waals surface area contributed by atoms with E-state index < -0.39 is 0 Å². The molecule has 5 heteroatoms. The molecule has 0 spiro atoms. The summed E-state index contributed by atoms with van der Waals surface area (Å²) in [6.45, 7) is 0. The van der Waals surface area contributed by atoms with Gasteiger partial charge in [-0.05, 0) is 6.07 Å². The van der Waals surface area contributed by atoms with Gasteiger partial charge in [0.25, 0.3) is 0 Å². The van der Waals surface area contributed by atoms with Crippen LogP contribution in [-0.4, -0.2) is 14.8 Å². The molecule has 0 radical (unpaired) electrons. The number of fused-ring (bicyclic) bond motifs is 1. The standard InChI is InChI=1S/C5H3ClN4/c6-5-7-3-4-1-2-8-10(4)9-5/h1-3H/p+1. The van der Waals surface area contributed by atoms with Crippen molar-refractivity contribution < 1.29 is 4.98 Å². The van der Waals surface area contributed by atoms with Crippen LogP contribution in [0.1, 0.15) is 0 Å². The maximum atomic E-state index is 5.55. The Morgan fingerprint density at radius 3 is 3.40 bits per heavy atom. The van der Waals surface area contributed by atoms with Crippen LogP contribution in [0.5, 0.6) is 0 Å². The third-order valence-electron chi connectivity index (χ3n) is 1.17. The Balaban J connectivity index is 2.86. The highest BCUT2D eigenvalue weighted by Gasteiger charge is 2.03. The fraction of sp³-hybridized carbons (Fsp3) is 0. The van der Waals surface area contributed by atoms with Gasteiger partial charge in [0.05, 0.1) is 11.3 Å². The molecule has 4 nitrogen and oxygen atoms in total. The number of rotatable bonds is 0. The summed E-state index contributed by atoms with van der Waals surface area (Å²) in [6.07, 6.45) is 3.40. The number of nitrogens with zero attached hydrogens (tertiary/aromatic N) is 3. The van der Waals surface area contributed by atoms with Crippen molar-refractivity contribution >= 4 is 17.1 Å². The first kappa shape index (κ1) is 5.61. The quantitative estimate of drug-likeness (QED) is 0.546. The van der Waals surface area contributed by atoms with E-state index in [2.05, 4.69) is 15.2 Å². The van der Waals surface area contributed by atoms with Crippen LogP contribution in [0.25, 0.3) is 5.52 Å². The Bertz CT molecular complexity index is 355. The third kappa shape index (κ3) is 0.733. The molecule has 0 aromatic carbocycles. The highest BCUT2D eigenvalue weighted by molar-refractivity contribution is 6.27. The second-order valence-electron chi connectivity index (χ2n) is 1.83. The van der Waals surface area contributed by atoms with Gasteiger partial charge in [0, 0.05) is 11.6 Å². The van der Waals surface area contributed by atoms with Crippen LogP contribution >= 0.6 is 11.6 Å². The Labute approximate surface area is 61.4 Å². The molecular weight excluding hydrogens is 152 g/mol. The first-order valence-corrected chi connectivity index (χ1v) is 3.12. The van der Waals surface area contributed by atoms with E-state index in [1.165, 1.54) is 4.63 Å². The zero-order chi connectivity index (χ0) is 6.97. The van der Waals surface area contributed by atoms with Gasteiger partial charge < -0.3 is 0 Å². The molecule has 0 atom stereocenters. The molecule has 2 heterocycles. The highest BCUT2D eigenvalue weighted by atomic mass is 35.5.